The highest BCUT2D eigenvalue weighted by Gasteiger charge is 2.23. The summed E-state index contributed by atoms with van der Waals surface area (Å²) >= 11 is 0. The molecule has 0 bridgehead atoms. The average Bonchev–Trinajstić information content (AvgIpc) is 3.23. The molecule has 10 nitrogen and oxygen atoms in total. The number of benzene rings is 4. The van der Waals surface area contributed by atoms with E-state index in [2.05, 4.69) is 13.8 Å². The molecule has 0 fully saturated rings. The Morgan fingerprint density at radius 1 is 0.379 bits per heavy atom. The number of carbonyl (C=O) groups excluding carboxylic acids is 4. The molecular weight excluding hydrogens is 737 g/mol. The second-order valence-electron chi connectivity index (χ2n) is 14.3. The molecule has 0 heterocycles. The largest absolute Gasteiger partial charge is 0.494 e. The van der Waals surface area contributed by atoms with E-state index in [1.54, 1.807) is 62.4 Å². The van der Waals surface area contributed by atoms with Gasteiger partial charge >= 0.3 is 23.9 Å². The standard InChI is InChI=1S/C48H58O10/c1-5-7-9-11-13-15-33-53-41-25-17-39(18-26-41)47(51)57-43-29-21-37(22-30-43)45(49)55-35(3)36(4)56-46(50)38-23-31-44(32-24-38)58-48(52)40-19-27-42(28-20-40)54-34-16-14-12-10-8-6-2/h17-32,35-36H,5-16,33-34H2,1-4H3. The second kappa shape index (κ2) is 24.9. The quantitative estimate of drug-likeness (QED) is 0.0364. The number of hydrogen-bond acceptors (Lipinski definition) is 10. The van der Waals surface area contributed by atoms with E-state index in [9.17, 15) is 19.2 Å². The van der Waals surface area contributed by atoms with Crippen LogP contribution in [0.25, 0.3) is 0 Å². The number of unbranched alkanes of at least 4 members (excludes halogenated alkanes) is 10. The van der Waals surface area contributed by atoms with E-state index in [0.717, 1.165) is 25.7 Å². The van der Waals surface area contributed by atoms with Gasteiger partial charge in [-0.15, -0.1) is 0 Å². The summed E-state index contributed by atoms with van der Waals surface area (Å²) in [5.41, 5.74) is 1.20. The first-order chi connectivity index (χ1) is 28.2. The lowest BCUT2D eigenvalue weighted by Crippen LogP contribution is -2.30. The van der Waals surface area contributed by atoms with Crippen LogP contribution in [0.4, 0.5) is 0 Å². The first kappa shape index (κ1) is 45.1. The minimum Gasteiger partial charge on any atom is -0.494 e. The van der Waals surface area contributed by atoms with Gasteiger partial charge in [0.15, 0.2) is 0 Å². The Bertz CT molecular complexity index is 1700. The van der Waals surface area contributed by atoms with Gasteiger partial charge in [-0.05, 0) is 124 Å². The van der Waals surface area contributed by atoms with Gasteiger partial charge in [-0.2, -0.15) is 0 Å². The van der Waals surface area contributed by atoms with Gasteiger partial charge in [0, 0.05) is 0 Å². The van der Waals surface area contributed by atoms with Gasteiger partial charge in [-0.3, -0.25) is 0 Å². The molecule has 0 aliphatic rings. The molecule has 0 saturated carbocycles. The van der Waals surface area contributed by atoms with Crippen molar-refractivity contribution in [2.24, 2.45) is 0 Å². The first-order valence-corrected chi connectivity index (χ1v) is 20.7. The van der Waals surface area contributed by atoms with Gasteiger partial charge in [0.1, 0.15) is 35.2 Å². The lowest BCUT2D eigenvalue weighted by atomic mass is 10.1. The van der Waals surface area contributed by atoms with Crippen molar-refractivity contribution in [1.82, 2.24) is 0 Å². The highest BCUT2D eigenvalue weighted by atomic mass is 16.6. The molecule has 10 heteroatoms. The van der Waals surface area contributed by atoms with Crippen LogP contribution in [0.2, 0.25) is 0 Å². The van der Waals surface area contributed by atoms with Crippen molar-refractivity contribution in [1.29, 1.82) is 0 Å². The third-order valence-electron chi connectivity index (χ3n) is 9.56. The van der Waals surface area contributed by atoms with Crippen LogP contribution in [0.5, 0.6) is 23.0 Å². The molecule has 0 radical (unpaired) electrons. The second-order valence-corrected chi connectivity index (χ2v) is 14.3. The fourth-order valence-electron chi connectivity index (χ4n) is 5.83. The molecule has 4 rings (SSSR count). The normalized spacial score (nSPS) is 11.9. The summed E-state index contributed by atoms with van der Waals surface area (Å²) in [6, 6.07) is 25.6. The molecule has 0 saturated heterocycles. The van der Waals surface area contributed by atoms with Gasteiger partial charge in [0.25, 0.3) is 0 Å². The Hall–Kier alpha value is -5.64. The lowest BCUT2D eigenvalue weighted by Gasteiger charge is -2.21. The van der Waals surface area contributed by atoms with Crippen LogP contribution in [0, 0.1) is 0 Å². The number of esters is 4. The zero-order chi connectivity index (χ0) is 41.5. The van der Waals surface area contributed by atoms with Crippen LogP contribution in [-0.4, -0.2) is 49.3 Å². The van der Waals surface area contributed by atoms with Crippen molar-refractivity contribution < 1.29 is 47.6 Å². The fourth-order valence-corrected chi connectivity index (χ4v) is 5.83. The Balaban J connectivity index is 1.15. The summed E-state index contributed by atoms with van der Waals surface area (Å²) in [6.07, 6.45) is 12.6. The van der Waals surface area contributed by atoms with Crippen molar-refractivity contribution in [3.05, 3.63) is 119 Å². The molecule has 2 unspecified atom stereocenters. The summed E-state index contributed by atoms with van der Waals surface area (Å²) in [6.45, 7) is 8.91. The minimum absolute atomic E-state index is 0.231. The van der Waals surface area contributed by atoms with E-state index in [1.807, 2.05) is 0 Å². The summed E-state index contributed by atoms with van der Waals surface area (Å²) in [4.78, 5) is 51.1. The Morgan fingerprint density at radius 2 is 0.655 bits per heavy atom. The minimum atomic E-state index is -0.778. The summed E-state index contributed by atoms with van der Waals surface area (Å²) in [5, 5.41) is 0. The Morgan fingerprint density at radius 3 is 0.983 bits per heavy atom. The molecule has 0 N–H and O–H groups in total. The summed E-state index contributed by atoms with van der Waals surface area (Å²) in [7, 11) is 0. The SMILES string of the molecule is CCCCCCCCOc1ccc(C(=O)Oc2ccc(C(=O)OC(C)C(C)OC(=O)c3ccc(OC(=O)c4ccc(OCCCCCCCC)cc4)cc3)cc2)cc1. The number of ether oxygens (including phenoxy) is 6. The molecule has 0 aliphatic heterocycles. The van der Waals surface area contributed by atoms with Crippen molar-refractivity contribution in [2.75, 3.05) is 13.2 Å². The lowest BCUT2D eigenvalue weighted by molar-refractivity contribution is -0.0239. The van der Waals surface area contributed by atoms with Gasteiger partial charge in [-0.1, -0.05) is 78.1 Å². The van der Waals surface area contributed by atoms with Crippen LogP contribution in [0.3, 0.4) is 0 Å². The predicted octanol–water partition coefficient (Wildman–Crippen LogP) is 11.4. The maximum absolute atomic E-state index is 12.9. The molecule has 58 heavy (non-hydrogen) atoms. The summed E-state index contributed by atoms with van der Waals surface area (Å²) in [5.74, 6) is -0.423. The van der Waals surface area contributed by atoms with Gasteiger partial charge < -0.3 is 28.4 Å². The molecule has 310 valence electrons. The molecule has 0 aliphatic carbocycles. The third kappa shape index (κ3) is 15.7. The topological polar surface area (TPSA) is 124 Å². The Labute approximate surface area is 343 Å². The van der Waals surface area contributed by atoms with Crippen LogP contribution < -0.4 is 18.9 Å². The summed E-state index contributed by atoms with van der Waals surface area (Å²) < 4.78 is 33.6. The molecule has 0 amide bonds. The number of rotatable bonds is 25. The highest BCUT2D eigenvalue weighted by Crippen LogP contribution is 2.21. The highest BCUT2D eigenvalue weighted by molar-refractivity contribution is 5.93. The van der Waals surface area contributed by atoms with Crippen molar-refractivity contribution >= 4 is 23.9 Å². The van der Waals surface area contributed by atoms with E-state index in [0.29, 0.717) is 35.8 Å². The molecule has 0 spiro atoms. The molecule has 4 aromatic carbocycles. The van der Waals surface area contributed by atoms with Crippen LogP contribution in [0.15, 0.2) is 97.1 Å². The van der Waals surface area contributed by atoms with E-state index in [-0.39, 0.29) is 22.6 Å². The van der Waals surface area contributed by atoms with Crippen molar-refractivity contribution in [3.63, 3.8) is 0 Å². The third-order valence-corrected chi connectivity index (χ3v) is 9.56. The van der Waals surface area contributed by atoms with E-state index in [4.69, 9.17) is 28.4 Å². The van der Waals surface area contributed by atoms with Gasteiger partial charge in [0.05, 0.1) is 35.5 Å². The predicted molar refractivity (Wildman–Crippen MR) is 223 cm³/mol. The van der Waals surface area contributed by atoms with E-state index in [1.165, 1.54) is 99.9 Å². The van der Waals surface area contributed by atoms with Crippen molar-refractivity contribution in [3.8, 4) is 23.0 Å². The molecule has 0 aromatic heterocycles. The van der Waals surface area contributed by atoms with Crippen LogP contribution >= 0.6 is 0 Å². The van der Waals surface area contributed by atoms with Crippen LogP contribution in [-0.2, 0) is 9.47 Å². The maximum atomic E-state index is 12.9. The smallest absolute Gasteiger partial charge is 0.343 e. The monoisotopic (exact) mass is 794 g/mol. The zero-order valence-electron chi connectivity index (χ0n) is 34.4. The maximum Gasteiger partial charge on any atom is 0.343 e. The number of carbonyl (C=O) groups is 4. The van der Waals surface area contributed by atoms with Gasteiger partial charge in [0.2, 0.25) is 0 Å². The number of hydrogen-bond donors (Lipinski definition) is 0. The fraction of sp³-hybridized carbons (Fsp3) is 0.417. The zero-order valence-corrected chi connectivity index (χ0v) is 34.4. The average molecular weight is 795 g/mol. The van der Waals surface area contributed by atoms with Crippen molar-refractivity contribution in [2.45, 2.75) is 117 Å². The van der Waals surface area contributed by atoms with Gasteiger partial charge in [-0.25, -0.2) is 19.2 Å². The molecular formula is C48H58O10. The van der Waals surface area contributed by atoms with E-state index >= 15 is 0 Å². The van der Waals surface area contributed by atoms with E-state index < -0.39 is 36.1 Å². The molecule has 2 atom stereocenters. The Kier molecular flexibility index (Phi) is 19.3. The van der Waals surface area contributed by atoms with Crippen LogP contribution in [0.1, 0.15) is 146 Å². The molecule has 4 aromatic rings. The first-order valence-electron chi connectivity index (χ1n) is 20.7.